The molecule has 2 aromatic heterocycles. The van der Waals surface area contributed by atoms with Gasteiger partial charge in [-0.05, 0) is 54.7 Å². The number of aromatic amines is 1. The zero-order chi connectivity index (χ0) is 23.1. The summed E-state index contributed by atoms with van der Waals surface area (Å²) in [6, 6.07) is 8.43. The maximum absolute atomic E-state index is 13.7. The smallest absolute Gasteiger partial charge is 0.227 e. The van der Waals surface area contributed by atoms with Crippen LogP contribution in [0.25, 0.3) is 4.91 Å². The van der Waals surface area contributed by atoms with Crippen LogP contribution in [0.5, 0.6) is 0 Å². The van der Waals surface area contributed by atoms with Gasteiger partial charge in [0, 0.05) is 41.8 Å². The minimum absolute atomic E-state index is 0.330. The lowest BCUT2D eigenvalue weighted by Gasteiger charge is -2.31. The van der Waals surface area contributed by atoms with Crippen molar-refractivity contribution in [2.24, 2.45) is 0 Å². The van der Waals surface area contributed by atoms with E-state index in [1.165, 1.54) is 17.0 Å². The van der Waals surface area contributed by atoms with Crippen molar-refractivity contribution in [1.29, 1.82) is 0 Å². The molecule has 7 nitrogen and oxygen atoms in total. The van der Waals surface area contributed by atoms with Crippen LogP contribution in [0.2, 0.25) is 0 Å². The summed E-state index contributed by atoms with van der Waals surface area (Å²) in [5.41, 5.74) is 3.66. The van der Waals surface area contributed by atoms with Crippen LogP contribution in [-0.2, 0) is 17.6 Å². The van der Waals surface area contributed by atoms with Crippen molar-refractivity contribution < 1.29 is 8.94 Å². The molecular formula is C24H25FN6OS2. The summed E-state index contributed by atoms with van der Waals surface area (Å²) < 4.78 is 26.3. The quantitative estimate of drug-likeness (QED) is 0.499. The Kier molecular flexibility index (Phi) is 5.96. The Morgan fingerprint density at radius 3 is 2.88 bits per heavy atom. The molecule has 0 amide bonds. The van der Waals surface area contributed by atoms with Gasteiger partial charge in [0.05, 0.1) is 11.4 Å². The summed E-state index contributed by atoms with van der Waals surface area (Å²) in [4.78, 5) is 13.7. The second-order valence-corrected chi connectivity index (χ2v) is 11.4. The molecule has 0 aliphatic carbocycles. The first-order chi connectivity index (χ1) is 16.6. The van der Waals surface area contributed by atoms with Crippen molar-refractivity contribution in [2.45, 2.75) is 36.5 Å². The Labute approximate surface area is 204 Å². The molecule has 10 heteroatoms. The molecule has 1 fully saturated rings. The number of aryl methyl sites for hydroxylation is 1. The molecule has 0 saturated carbocycles. The molecule has 3 aliphatic rings. The number of nitrogens with one attached hydrogen (secondary N) is 2. The summed E-state index contributed by atoms with van der Waals surface area (Å²) >= 11 is 0.733. The van der Waals surface area contributed by atoms with E-state index in [0.717, 1.165) is 55.2 Å². The van der Waals surface area contributed by atoms with E-state index in [1.807, 2.05) is 11.8 Å². The van der Waals surface area contributed by atoms with Gasteiger partial charge in [-0.25, -0.2) is 9.37 Å². The largest absolute Gasteiger partial charge is 0.611 e. The average Bonchev–Trinajstić information content (AvgIpc) is 3.61. The van der Waals surface area contributed by atoms with Crippen LogP contribution >= 0.6 is 11.8 Å². The normalized spacial score (nSPS) is 20.5. The van der Waals surface area contributed by atoms with Gasteiger partial charge in [-0.2, -0.15) is 10.1 Å². The predicted molar refractivity (Wildman–Crippen MR) is 135 cm³/mol. The molecule has 0 radical (unpaired) electrons. The highest BCUT2D eigenvalue weighted by molar-refractivity contribution is 8.08. The number of thioether (sulfide) groups is 1. The highest BCUT2D eigenvalue weighted by Gasteiger charge is 2.34. The molecule has 1 saturated heterocycles. The summed E-state index contributed by atoms with van der Waals surface area (Å²) in [7, 11) is 0. The Balaban J connectivity index is 1.20. The number of anilines is 3. The molecule has 1 atom stereocenters. The summed E-state index contributed by atoms with van der Waals surface area (Å²) in [5.74, 6) is 2.92. The maximum atomic E-state index is 13.7. The van der Waals surface area contributed by atoms with E-state index in [4.69, 9.17) is 9.97 Å². The molecule has 2 N–H and O–H groups in total. The number of nitrogens with zero attached hydrogens (tertiary/aromatic N) is 4. The maximum Gasteiger partial charge on any atom is 0.227 e. The van der Waals surface area contributed by atoms with E-state index >= 15 is 0 Å². The van der Waals surface area contributed by atoms with Gasteiger partial charge in [-0.3, -0.25) is 5.10 Å². The predicted octanol–water partition coefficient (Wildman–Crippen LogP) is 4.61. The van der Waals surface area contributed by atoms with Crippen LogP contribution in [-0.4, -0.2) is 49.3 Å². The van der Waals surface area contributed by atoms with Gasteiger partial charge >= 0.3 is 0 Å². The molecule has 0 spiro atoms. The lowest BCUT2D eigenvalue weighted by Crippen LogP contribution is -2.34. The van der Waals surface area contributed by atoms with E-state index in [9.17, 15) is 8.94 Å². The molecule has 34 heavy (non-hydrogen) atoms. The lowest BCUT2D eigenvalue weighted by atomic mass is 9.93. The molecule has 3 aliphatic heterocycles. The molecule has 1 unspecified atom stereocenters. The number of hydrogen-bond donors (Lipinski definition) is 2. The van der Waals surface area contributed by atoms with Crippen molar-refractivity contribution in [3.63, 3.8) is 0 Å². The number of H-pyrrole nitrogens is 1. The van der Waals surface area contributed by atoms with Crippen molar-refractivity contribution in [3.8, 4) is 0 Å². The zero-order valence-electron chi connectivity index (χ0n) is 18.6. The van der Waals surface area contributed by atoms with Crippen LogP contribution in [0.3, 0.4) is 0 Å². The Morgan fingerprint density at radius 1 is 1.21 bits per heavy atom. The van der Waals surface area contributed by atoms with E-state index in [-0.39, 0.29) is 5.82 Å². The Morgan fingerprint density at radius 2 is 2.09 bits per heavy atom. The van der Waals surface area contributed by atoms with Gasteiger partial charge in [0.2, 0.25) is 10.8 Å². The number of benzene rings is 1. The van der Waals surface area contributed by atoms with Crippen molar-refractivity contribution in [1.82, 2.24) is 20.2 Å². The third-order valence-electron chi connectivity index (χ3n) is 6.53. The molecule has 6 rings (SSSR count). The fourth-order valence-electron chi connectivity index (χ4n) is 4.77. The first kappa shape index (κ1) is 21.9. The van der Waals surface area contributed by atoms with Crippen LogP contribution in [0.1, 0.15) is 42.3 Å². The van der Waals surface area contributed by atoms with Crippen LogP contribution in [0.15, 0.2) is 41.3 Å². The van der Waals surface area contributed by atoms with Crippen LogP contribution in [0, 0.1) is 5.82 Å². The van der Waals surface area contributed by atoms with E-state index in [2.05, 4.69) is 32.6 Å². The van der Waals surface area contributed by atoms with E-state index in [0.29, 0.717) is 40.4 Å². The number of halogens is 1. The number of hydrogen-bond acceptors (Lipinski definition) is 7. The highest BCUT2D eigenvalue weighted by Crippen LogP contribution is 2.37. The van der Waals surface area contributed by atoms with Gasteiger partial charge < -0.3 is 14.8 Å². The lowest BCUT2D eigenvalue weighted by molar-refractivity contribution is 0.489. The monoisotopic (exact) mass is 496 g/mol. The molecule has 176 valence electrons. The van der Waals surface area contributed by atoms with Crippen LogP contribution < -0.4 is 10.2 Å². The van der Waals surface area contributed by atoms with E-state index in [1.54, 1.807) is 12.1 Å². The van der Waals surface area contributed by atoms with Crippen molar-refractivity contribution in [3.05, 3.63) is 59.3 Å². The van der Waals surface area contributed by atoms with Gasteiger partial charge in [0.1, 0.15) is 17.3 Å². The number of rotatable bonds is 5. The van der Waals surface area contributed by atoms with Gasteiger partial charge in [0.25, 0.3) is 0 Å². The highest BCUT2D eigenvalue weighted by atomic mass is 32.2. The number of piperidine rings is 1. The molecular weight excluding hydrogens is 471 g/mol. The third-order valence-corrected chi connectivity index (χ3v) is 9.12. The van der Waals surface area contributed by atoms with Crippen molar-refractivity contribution in [2.75, 3.05) is 34.8 Å². The fraction of sp³-hybridized carbons (Fsp3) is 0.375. The molecule has 1 aromatic carbocycles. The number of fused-ring (bicyclic) bond motifs is 1. The molecule has 5 heterocycles. The van der Waals surface area contributed by atoms with Gasteiger partial charge in [0.15, 0.2) is 5.82 Å². The Hall–Kier alpha value is -2.56. The van der Waals surface area contributed by atoms with Crippen molar-refractivity contribution >= 4 is 45.3 Å². The van der Waals surface area contributed by atoms with Crippen LogP contribution in [0.4, 0.5) is 21.8 Å². The summed E-state index contributed by atoms with van der Waals surface area (Å²) in [5, 5.41) is 11.0. The topological polar surface area (TPSA) is 92.8 Å². The average molecular weight is 497 g/mol. The first-order valence-electron chi connectivity index (χ1n) is 11.6. The van der Waals surface area contributed by atoms with Gasteiger partial charge in [-0.15, -0.1) is 11.8 Å². The number of allylic oxidation sites excluding steroid dienone is 1. The van der Waals surface area contributed by atoms with E-state index < -0.39 is 11.2 Å². The molecule has 3 aromatic rings. The van der Waals surface area contributed by atoms with Gasteiger partial charge in [-0.1, -0.05) is 12.1 Å². The fourth-order valence-corrected chi connectivity index (χ4v) is 7.02. The SMILES string of the molecule is [O-][S+]1CCc2nc(N3CCC(c4cc(C5=CCCS5)[nH]n4)CC3)nc(Nc3cccc(F)c3)c21. The second kappa shape index (κ2) is 9.24. The standard InChI is InChI=1S/C24H25FN6OS2/c25-16-3-1-4-17(13-16)26-23-22-18(8-12-34(22)32)27-24(28-23)31-9-6-15(7-10-31)19-14-20(30-29-19)21-5-2-11-33-21/h1,3-5,13-15H,2,6-12H2,(H,29,30)(H,26,27,28). The Bertz CT molecular complexity index is 1240. The summed E-state index contributed by atoms with van der Waals surface area (Å²) in [6.45, 7) is 1.65. The third kappa shape index (κ3) is 4.30. The second-order valence-electron chi connectivity index (χ2n) is 8.76. The zero-order valence-corrected chi connectivity index (χ0v) is 20.2. The first-order valence-corrected chi connectivity index (χ1v) is 13.9. The minimum atomic E-state index is -1.15. The molecule has 0 bridgehead atoms. The number of aromatic nitrogens is 4. The minimum Gasteiger partial charge on any atom is -0.611 e. The summed E-state index contributed by atoms with van der Waals surface area (Å²) in [6.07, 6.45) is 6.00.